The number of fused-ring (bicyclic) bond motifs is 2. The Balaban J connectivity index is 1.69. The quantitative estimate of drug-likeness (QED) is 0.586. The number of esters is 1. The van der Waals surface area contributed by atoms with Crippen molar-refractivity contribution in [1.29, 1.82) is 0 Å². The third-order valence-corrected chi connectivity index (χ3v) is 5.26. The molecule has 4 heterocycles. The van der Waals surface area contributed by atoms with Gasteiger partial charge in [-0.25, -0.2) is 14.8 Å². The summed E-state index contributed by atoms with van der Waals surface area (Å²) < 4.78 is 46.0. The number of aryl methyl sites for hydroxylation is 1. The molecule has 0 saturated heterocycles. The van der Waals surface area contributed by atoms with Gasteiger partial charge in [0.25, 0.3) is 0 Å². The van der Waals surface area contributed by atoms with Crippen LogP contribution in [-0.4, -0.2) is 37.5 Å². The van der Waals surface area contributed by atoms with Gasteiger partial charge in [-0.2, -0.15) is 18.3 Å². The molecule has 11 heteroatoms. The molecular weight excluding hydrogens is 425 g/mol. The van der Waals surface area contributed by atoms with E-state index in [0.29, 0.717) is 40.2 Å². The lowest BCUT2D eigenvalue weighted by molar-refractivity contribution is -0.147. The molecule has 1 aliphatic heterocycles. The summed E-state index contributed by atoms with van der Waals surface area (Å²) in [7, 11) is 1.62. The lowest BCUT2D eigenvalue weighted by Crippen LogP contribution is -2.38. The maximum atomic E-state index is 13.1. The molecule has 0 aliphatic carbocycles. The van der Waals surface area contributed by atoms with Crippen LogP contribution in [0.15, 0.2) is 24.4 Å². The fourth-order valence-electron chi connectivity index (χ4n) is 3.91. The van der Waals surface area contributed by atoms with Crippen molar-refractivity contribution in [2.75, 3.05) is 5.32 Å². The molecule has 3 aromatic heterocycles. The summed E-state index contributed by atoms with van der Waals surface area (Å²) in [4.78, 5) is 21.0. The van der Waals surface area contributed by atoms with E-state index in [4.69, 9.17) is 10.5 Å². The first-order chi connectivity index (χ1) is 14.7. The summed E-state index contributed by atoms with van der Waals surface area (Å²) in [5.41, 5.74) is 5.32. The van der Waals surface area contributed by atoms with Gasteiger partial charge in [0.1, 0.15) is 17.2 Å². The highest BCUT2D eigenvalue weighted by molar-refractivity contribution is 5.92. The average molecular weight is 448 g/mol. The summed E-state index contributed by atoms with van der Waals surface area (Å²) in [6.07, 6.45) is -3.69. The second-order valence-electron chi connectivity index (χ2n) is 8.91. The van der Waals surface area contributed by atoms with Gasteiger partial charge in [0.15, 0.2) is 0 Å². The van der Waals surface area contributed by atoms with Crippen LogP contribution in [-0.2, 0) is 23.7 Å². The molecule has 3 aromatic rings. The van der Waals surface area contributed by atoms with E-state index in [1.165, 1.54) is 17.8 Å². The number of carbonyl (C=O) groups is 1. The number of aromatic nitrogens is 4. The van der Waals surface area contributed by atoms with Gasteiger partial charge in [-0.3, -0.25) is 4.68 Å². The molecule has 0 amide bonds. The molecule has 1 atom stereocenters. The maximum Gasteiger partial charge on any atom is 0.391 e. The number of nitrogens with zero attached hydrogens (tertiary/aromatic N) is 4. The van der Waals surface area contributed by atoms with Gasteiger partial charge in [0, 0.05) is 18.9 Å². The van der Waals surface area contributed by atoms with Crippen LogP contribution in [0, 0.1) is 0 Å². The second kappa shape index (κ2) is 7.16. The Bertz CT molecular complexity index is 1220. The van der Waals surface area contributed by atoms with Gasteiger partial charge in [-0.1, -0.05) is 0 Å². The number of hydrogen-bond acceptors (Lipinski definition) is 7. The van der Waals surface area contributed by atoms with Crippen molar-refractivity contribution >= 4 is 28.5 Å². The monoisotopic (exact) mass is 448 g/mol. The van der Waals surface area contributed by atoms with E-state index in [-0.39, 0.29) is 5.69 Å². The van der Waals surface area contributed by atoms with Crippen molar-refractivity contribution in [3.05, 3.63) is 41.3 Å². The smallest absolute Gasteiger partial charge is 0.391 e. The number of pyridine rings is 2. The third kappa shape index (κ3) is 4.24. The lowest BCUT2D eigenvalue weighted by Gasteiger charge is -2.30. The number of hydrogen-bond donors (Lipinski definition) is 2. The van der Waals surface area contributed by atoms with Crippen LogP contribution in [0.5, 0.6) is 0 Å². The van der Waals surface area contributed by atoms with Crippen LogP contribution >= 0.6 is 0 Å². The minimum atomic E-state index is -4.44. The zero-order valence-corrected chi connectivity index (χ0v) is 18.0. The van der Waals surface area contributed by atoms with Crippen molar-refractivity contribution in [2.24, 2.45) is 12.8 Å². The van der Waals surface area contributed by atoms with E-state index in [1.54, 1.807) is 39.1 Å². The van der Waals surface area contributed by atoms with Crippen molar-refractivity contribution in [2.45, 2.75) is 50.9 Å². The van der Waals surface area contributed by atoms with Crippen molar-refractivity contribution in [3.8, 4) is 0 Å². The summed E-state index contributed by atoms with van der Waals surface area (Å²) >= 11 is 0. The van der Waals surface area contributed by atoms with Gasteiger partial charge in [0.05, 0.1) is 40.6 Å². The maximum absolute atomic E-state index is 13.1. The molecule has 0 saturated carbocycles. The van der Waals surface area contributed by atoms with E-state index < -0.39 is 29.7 Å². The summed E-state index contributed by atoms with van der Waals surface area (Å²) in [6.45, 7) is 4.92. The average Bonchev–Trinajstić information content (AvgIpc) is 2.95. The fraction of sp³-hybridized carbons (Fsp3) is 0.429. The highest BCUT2D eigenvalue weighted by Crippen LogP contribution is 2.36. The third-order valence-electron chi connectivity index (χ3n) is 5.26. The Labute approximate surface area is 182 Å². The van der Waals surface area contributed by atoms with Gasteiger partial charge in [-0.15, -0.1) is 0 Å². The van der Waals surface area contributed by atoms with Crippen molar-refractivity contribution in [3.63, 3.8) is 0 Å². The SMILES string of the molecule is Cn1nc(C(C)(N)CC(F)(F)F)c2cc(Nc3ccc4c(n3)CC(C)(C)OC4=O)ncc21. The minimum Gasteiger partial charge on any atom is -0.456 e. The van der Waals surface area contributed by atoms with Crippen molar-refractivity contribution < 1.29 is 22.7 Å². The number of ether oxygens (including phenoxy) is 1. The van der Waals surface area contributed by atoms with E-state index >= 15 is 0 Å². The summed E-state index contributed by atoms with van der Waals surface area (Å²) in [6, 6.07) is 4.83. The van der Waals surface area contributed by atoms with Crippen LogP contribution in [0.2, 0.25) is 0 Å². The molecule has 1 aliphatic rings. The van der Waals surface area contributed by atoms with Gasteiger partial charge >= 0.3 is 12.1 Å². The number of anilines is 2. The van der Waals surface area contributed by atoms with E-state index in [0.717, 1.165) is 0 Å². The topological polar surface area (TPSA) is 108 Å². The first-order valence-corrected chi connectivity index (χ1v) is 9.93. The summed E-state index contributed by atoms with van der Waals surface area (Å²) in [5, 5.41) is 7.74. The number of carbonyl (C=O) groups excluding carboxylic acids is 1. The minimum absolute atomic E-state index is 0.126. The highest BCUT2D eigenvalue weighted by Gasteiger charge is 2.40. The number of nitrogens with one attached hydrogen (secondary N) is 1. The molecule has 0 spiro atoms. The largest absolute Gasteiger partial charge is 0.456 e. The van der Waals surface area contributed by atoms with Crippen LogP contribution in [0.25, 0.3) is 10.9 Å². The normalized spacial score (nSPS) is 17.6. The second-order valence-corrected chi connectivity index (χ2v) is 8.91. The molecule has 0 radical (unpaired) electrons. The number of rotatable bonds is 4. The van der Waals surface area contributed by atoms with Crippen LogP contribution in [0.3, 0.4) is 0 Å². The molecule has 170 valence electrons. The first kappa shape index (κ1) is 22.0. The lowest BCUT2D eigenvalue weighted by atomic mass is 9.92. The van der Waals surface area contributed by atoms with Crippen LogP contribution in [0.1, 0.15) is 48.9 Å². The number of cyclic esters (lactones) is 1. The Morgan fingerprint density at radius 3 is 2.69 bits per heavy atom. The molecule has 0 bridgehead atoms. The number of alkyl halides is 3. The highest BCUT2D eigenvalue weighted by atomic mass is 19.4. The zero-order chi connectivity index (χ0) is 23.5. The Hall–Kier alpha value is -3.21. The van der Waals surface area contributed by atoms with Gasteiger partial charge in [0.2, 0.25) is 0 Å². The standard InChI is InChI=1S/C21H23F3N6O2/c1-19(2)8-13-11(18(31)32-19)5-6-15(27-13)28-16-7-12-14(9-26-16)30(4)29-17(12)20(3,25)10-21(22,23)24/h5-7,9H,8,10,25H2,1-4H3,(H,26,27,28). The van der Waals surface area contributed by atoms with Gasteiger partial charge in [-0.05, 0) is 39.0 Å². The predicted octanol–water partition coefficient (Wildman–Crippen LogP) is 3.72. The fourth-order valence-corrected chi connectivity index (χ4v) is 3.91. The Kier molecular flexibility index (Phi) is 4.92. The van der Waals surface area contributed by atoms with E-state index in [1.807, 2.05) is 0 Å². The van der Waals surface area contributed by atoms with E-state index in [9.17, 15) is 18.0 Å². The predicted molar refractivity (Wildman–Crippen MR) is 111 cm³/mol. The number of nitrogens with two attached hydrogens (primary N) is 1. The first-order valence-electron chi connectivity index (χ1n) is 9.93. The molecule has 4 rings (SSSR count). The molecular formula is C21H23F3N6O2. The molecule has 0 fully saturated rings. The summed E-state index contributed by atoms with van der Waals surface area (Å²) in [5.74, 6) is 0.374. The molecule has 8 nitrogen and oxygen atoms in total. The molecule has 0 aromatic carbocycles. The van der Waals surface area contributed by atoms with E-state index in [2.05, 4.69) is 20.4 Å². The zero-order valence-electron chi connectivity index (χ0n) is 18.0. The number of halogens is 3. The van der Waals surface area contributed by atoms with Gasteiger partial charge < -0.3 is 15.8 Å². The molecule has 3 N–H and O–H groups in total. The van der Waals surface area contributed by atoms with Crippen LogP contribution < -0.4 is 11.1 Å². The van der Waals surface area contributed by atoms with Crippen LogP contribution in [0.4, 0.5) is 24.8 Å². The molecule has 1 unspecified atom stereocenters. The van der Waals surface area contributed by atoms with Crippen molar-refractivity contribution in [1.82, 2.24) is 19.7 Å². The Morgan fingerprint density at radius 2 is 2.00 bits per heavy atom. The molecule has 32 heavy (non-hydrogen) atoms. The Morgan fingerprint density at radius 1 is 1.28 bits per heavy atom.